The molecule has 24 heteroatoms. The fraction of sp³-hybridized carbons (Fsp3) is 0. The van der Waals surface area contributed by atoms with E-state index in [0.717, 1.165) is 117 Å². The van der Waals surface area contributed by atoms with Gasteiger partial charge in [-0.05, 0) is 97.6 Å². The molecule has 0 saturated carbocycles. The van der Waals surface area contributed by atoms with Gasteiger partial charge in [0.25, 0.3) is 0 Å². The van der Waals surface area contributed by atoms with Gasteiger partial charge in [0.15, 0.2) is 0 Å². The molecule has 0 aliphatic heterocycles. The summed E-state index contributed by atoms with van der Waals surface area (Å²) in [5.41, 5.74) is 16.8. The van der Waals surface area contributed by atoms with Crippen molar-refractivity contribution in [1.82, 2.24) is 66.3 Å². The molecule has 14 aromatic heterocycles. The molecule has 120 heavy (non-hydrogen) atoms. The summed E-state index contributed by atoms with van der Waals surface area (Å²) >= 11 is 1.58. The molecular formula is C96H58N14O5Pt4S. The summed E-state index contributed by atoms with van der Waals surface area (Å²) in [6, 6.07) is 108. The second-order valence-electron chi connectivity index (χ2n) is 26.0. The summed E-state index contributed by atoms with van der Waals surface area (Å²) in [6.45, 7) is 0. The summed E-state index contributed by atoms with van der Waals surface area (Å²) in [7, 11) is 0. The van der Waals surface area contributed by atoms with Gasteiger partial charge in [-0.15, -0.1) is 185 Å². The second kappa shape index (κ2) is 38.0. The van der Waals surface area contributed by atoms with Crippen molar-refractivity contribution < 1.29 is 108 Å². The average molecular weight is 2300 g/mol. The van der Waals surface area contributed by atoms with E-state index in [9.17, 15) is 0 Å². The van der Waals surface area contributed by atoms with Gasteiger partial charge in [0.05, 0.1) is 30.1 Å². The van der Waals surface area contributed by atoms with Crippen molar-refractivity contribution >= 4 is 45.0 Å². The number of hydrogen-bond acceptors (Lipinski definition) is 14. The van der Waals surface area contributed by atoms with E-state index in [-0.39, 0.29) is 84.3 Å². The third-order valence-corrected chi connectivity index (χ3v) is 19.1. The number of thiazole rings is 1. The number of ether oxygens (including phenoxy) is 4. The van der Waals surface area contributed by atoms with E-state index in [4.69, 9.17) is 23.4 Å². The van der Waals surface area contributed by atoms with Crippen LogP contribution >= 0.6 is 11.3 Å². The topological polar surface area (TPSA) is 180 Å². The van der Waals surface area contributed by atoms with Gasteiger partial charge >= 0.3 is 84.3 Å². The first-order valence-electron chi connectivity index (χ1n) is 36.7. The van der Waals surface area contributed by atoms with Crippen LogP contribution in [0.2, 0.25) is 0 Å². The number of benzene rings is 8. The van der Waals surface area contributed by atoms with Crippen molar-refractivity contribution in [2.24, 2.45) is 0 Å². The van der Waals surface area contributed by atoms with Gasteiger partial charge in [-0.2, -0.15) is 11.3 Å². The van der Waals surface area contributed by atoms with Gasteiger partial charge in [0.1, 0.15) is 28.5 Å². The van der Waals surface area contributed by atoms with Gasteiger partial charge in [-0.25, -0.2) is 0 Å². The predicted molar refractivity (Wildman–Crippen MR) is 444 cm³/mol. The van der Waals surface area contributed by atoms with Crippen LogP contribution in [0.25, 0.3) is 123 Å². The Morgan fingerprint density at radius 3 is 1.07 bits per heavy atom. The molecule has 0 radical (unpaired) electrons. The Hall–Kier alpha value is -13.3. The molecule has 22 rings (SSSR count). The summed E-state index contributed by atoms with van der Waals surface area (Å²) in [5, 5.41) is 2.87. The van der Waals surface area contributed by atoms with Crippen LogP contribution in [0.15, 0.2) is 358 Å². The maximum atomic E-state index is 6.09. The molecule has 0 amide bonds. The number of aromatic nitrogens is 14. The number of pyridine rings is 6. The van der Waals surface area contributed by atoms with E-state index in [1.54, 1.807) is 30.1 Å². The van der Waals surface area contributed by atoms with E-state index >= 15 is 0 Å². The first-order chi connectivity index (χ1) is 57.4. The molecule has 14 heterocycles. The number of fused-ring (bicyclic) bond motifs is 6. The van der Waals surface area contributed by atoms with Crippen molar-refractivity contribution in [2.75, 3.05) is 0 Å². The first kappa shape index (κ1) is 81.8. The SMILES string of the molecule is [Pt+2].[Pt+2].[Pt+2].[Pt+2].[c-]1c(Oc2[c-]c(-c3ncc4ccccn34)ccc2)cccc1-c1cn2ccccc2n1.[c-]1c(Oc2[c-]c(-c3ncco3)ccc2)cccc1-c1cn2ccccc2n1.[c-]1c(Oc2[c-]c(-c3nccs3)ccc2)cccc1-c1cn2ccccc2n1.[c-]1c(Oc2[c-]c(-c3ncn4ccccc34)ccc2)cccc1-c1cn2ccccc2n1. The minimum Gasteiger partial charge on any atom is -0.497 e. The van der Waals surface area contributed by atoms with Crippen molar-refractivity contribution in [2.45, 2.75) is 0 Å². The normalized spacial score (nSPS) is 10.7. The van der Waals surface area contributed by atoms with E-state index < -0.39 is 0 Å². The van der Waals surface area contributed by atoms with Crippen LogP contribution in [-0.4, -0.2) is 66.3 Å². The van der Waals surface area contributed by atoms with Gasteiger partial charge in [-0.1, -0.05) is 90.5 Å². The predicted octanol–water partition coefficient (Wildman–Crippen LogP) is 22.0. The molecule has 0 bridgehead atoms. The molecule has 0 saturated heterocycles. The minimum absolute atomic E-state index is 0. The molecule has 0 unspecified atom stereocenters. The fourth-order valence-corrected chi connectivity index (χ4v) is 13.5. The van der Waals surface area contributed by atoms with Crippen LogP contribution in [0.5, 0.6) is 46.0 Å². The Morgan fingerprint density at radius 2 is 0.658 bits per heavy atom. The third kappa shape index (κ3) is 18.8. The Morgan fingerprint density at radius 1 is 0.300 bits per heavy atom. The second-order valence-corrected chi connectivity index (χ2v) is 26.9. The van der Waals surface area contributed by atoms with Gasteiger partial charge < -0.3 is 49.8 Å². The molecule has 0 aliphatic rings. The Bertz CT molecular complexity index is 6650. The standard InChI is InChI=1S/2C26H16N4O.C22H13N3O2.C22H13N3OS.4Pt/c1-4-14-30-21(9-1)17-27-26(30)20-8-6-11-23(16-20)31-22-10-5-7-19(15-22)24-18-29-13-3-2-12-25(29)28-24;1-3-14-30-18-27-26(24(30)11-1)20-8-6-10-22(16-20)31-21-9-5-7-19(15-21)23-17-29-13-4-2-12-25(29)28-23;1-2-11-25-15-20(24-21(25)9-1)16-5-3-7-18(13-16)27-19-8-4-6-17(14-19)22-23-10-12-26-22;1-2-11-25-15-20(24-21(25)9-1)16-5-3-7-18(13-16)26-19-8-4-6-17(14-19)22-23-10-12-27-22;;;;/h2*1-14,17-18H;2*1-12,15H;;;;/q4*-2;4*+2. The summed E-state index contributed by atoms with van der Waals surface area (Å²) in [5.74, 6) is 6.16. The molecule has 0 fully saturated rings. The number of nitrogens with zero attached hydrogens (tertiary/aromatic N) is 14. The van der Waals surface area contributed by atoms with Crippen molar-refractivity contribution in [3.63, 3.8) is 0 Å². The molecule has 0 spiro atoms. The molecule has 588 valence electrons. The smallest absolute Gasteiger partial charge is 0.497 e. The van der Waals surface area contributed by atoms with Crippen LogP contribution in [0.4, 0.5) is 0 Å². The zero-order valence-corrected chi connectivity index (χ0v) is 72.4. The zero-order valence-electron chi connectivity index (χ0n) is 62.5. The molecule has 19 nitrogen and oxygen atoms in total. The number of oxazole rings is 1. The largest absolute Gasteiger partial charge is 2.00 e. The van der Waals surface area contributed by atoms with Crippen molar-refractivity contribution in [3.05, 3.63) is 402 Å². The monoisotopic (exact) mass is 2300 g/mol. The van der Waals surface area contributed by atoms with Crippen LogP contribution in [0.1, 0.15) is 0 Å². The van der Waals surface area contributed by atoms with Crippen molar-refractivity contribution in [1.29, 1.82) is 0 Å². The number of hydrogen-bond donors (Lipinski definition) is 0. The van der Waals surface area contributed by atoms with E-state index in [2.05, 4.69) is 88.4 Å². The average Bonchev–Trinajstić information content (AvgIpc) is 1.63. The van der Waals surface area contributed by atoms with Gasteiger partial charge in [0, 0.05) is 140 Å². The maximum absolute atomic E-state index is 6.09. The maximum Gasteiger partial charge on any atom is 2.00 e. The Labute approximate surface area is 749 Å². The summed E-state index contributed by atoms with van der Waals surface area (Å²) in [4.78, 5) is 36.1. The van der Waals surface area contributed by atoms with Crippen LogP contribution in [-0.2, 0) is 84.3 Å². The quantitative estimate of drug-likeness (QED) is 0.0835. The molecular weight excluding hydrogens is 2240 g/mol. The third-order valence-electron chi connectivity index (χ3n) is 18.3. The Balaban J connectivity index is 0.000000124. The van der Waals surface area contributed by atoms with E-state index in [0.29, 0.717) is 51.9 Å². The fourth-order valence-electron chi connectivity index (χ4n) is 12.9. The van der Waals surface area contributed by atoms with Gasteiger partial charge in [-0.3, -0.25) is 39.9 Å². The van der Waals surface area contributed by atoms with Crippen molar-refractivity contribution in [3.8, 4) is 136 Å². The zero-order chi connectivity index (χ0) is 77.4. The number of rotatable bonds is 16. The van der Waals surface area contributed by atoms with Crippen LogP contribution < -0.4 is 18.9 Å². The summed E-state index contributed by atoms with van der Waals surface area (Å²) in [6.07, 6.45) is 28.4. The Kier molecular flexibility index (Phi) is 25.9. The number of imidazole rings is 6. The van der Waals surface area contributed by atoms with E-state index in [1.165, 1.54) is 6.26 Å². The van der Waals surface area contributed by atoms with Crippen LogP contribution in [0, 0.1) is 48.5 Å². The molecule has 0 aliphatic carbocycles. The first-order valence-corrected chi connectivity index (χ1v) is 37.6. The van der Waals surface area contributed by atoms with E-state index in [1.807, 2.05) is 355 Å². The molecule has 0 N–H and O–H groups in total. The molecule has 8 aromatic carbocycles. The molecule has 22 aromatic rings. The minimum atomic E-state index is 0. The van der Waals surface area contributed by atoms with Crippen LogP contribution in [0.3, 0.4) is 0 Å². The molecule has 0 atom stereocenters. The van der Waals surface area contributed by atoms with Gasteiger partial charge in [0.2, 0.25) is 0 Å². The summed E-state index contributed by atoms with van der Waals surface area (Å²) < 4.78 is 41.4.